The fourth-order valence-electron chi connectivity index (χ4n) is 2.66. The third kappa shape index (κ3) is 6.38. The molecule has 0 spiro atoms. The van der Waals surface area contributed by atoms with Crippen molar-refractivity contribution in [2.24, 2.45) is 5.10 Å². The second-order valence-corrected chi connectivity index (χ2v) is 7.27. The van der Waals surface area contributed by atoms with Crippen LogP contribution in [-0.4, -0.2) is 26.3 Å². The van der Waals surface area contributed by atoms with Gasteiger partial charge in [0.1, 0.15) is 23.9 Å². The lowest BCUT2D eigenvalue weighted by Crippen LogP contribution is -2.17. The smallest absolute Gasteiger partial charge is 0.271 e. The minimum absolute atomic E-state index is 0.343. The first-order valence-electron chi connectivity index (χ1n) is 9.22. The zero-order chi connectivity index (χ0) is 22.2. The van der Waals surface area contributed by atoms with Crippen LogP contribution in [0.1, 0.15) is 21.5 Å². The predicted molar refractivity (Wildman–Crippen MR) is 122 cm³/mol. The van der Waals surface area contributed by atoms with Gasteiger partial charge in [-0.2, -0.15) is 5.10 Å². The van der Waals surface area contributed by atoms with Gasteiger partial charge >= 0.3 is 0 Å². The number of hydrogen-bond acceptors (Lipinski definition) is 5. The molecule has 0 radical (unpaired) electrons. The molecule has 8 heteroatoms. The third-order valence-electron chi connectivity index (χ3n) is 4.26. The Morgan fingerprint density at radius 3 is 2.23 bits per heavy atom. The Kier molecular flexibility index (Phi) is 7.76. The van der Waals surface area contributed by atoms with Gasteiger partial charge in [0.25, 0.3) is 5.91 Å². The van der Waals surface area contributed by atoms with E-state index in [1.807, 2.05) is 12.1 Å². The van der Waals surface area contributed by atoms with Crippen LogP contribution in [0.15, 0.2) is 65.8 Å². The van der Waals surface area contributed by atoms with Crippen molar-refractivity contribution in [1.29, 1.82) is 0 Å². The van der Waals surface area contributed by atoms with Crippen LogP contribution in [0.2, 0.25) is 10.0 Å². The van der Waals surface area contributed by atoms with E-state index < -0.39 is 5.91 Å². The number of halogens is 2. The molecule has 160 valence electrons. The van der Waals surface area contributed by atoms with Crippen molar-refractivity contribution in [2.75, 3.05) is 14.2 Å². The number of amides is 1. The maximum absolute atomic E-state index is 12.5. The SMILES string of the molecule is COc1cc(OC)cc(C(=O)N/N=C\c2cc(Cl)ccc2OCc2ccc(Cl)cc2)c1. The summed E-state index contributed by atoms with van der Waals surface area (Å²) in [5.41, 5.74) is 4.41. The molecule has 0 bridgehead atoms. The van der Waals surface area contributed by atoms with Crippen molar-refractivity contribution in [3.63, 3.8) is 0 Å². The van der Waals surface area contributed by atoms with Crippen molar-refractivity contribution in [3.05, 3.63) is 87.4 Å². The van der Waals surface area contributed by atoms with Crippen LogP contribution >= 0.6 is 23.2 Å². The molecule has 0 saturated heterocycles. The van der Waals surface area contributed by atoms with E-state index in [1.165, 1.54) is 20.4 Å². The van der Waals surface area contributed by atoms with Crippen molar-refractivity contribution in [1.82, 2.24) is 5.43 Å². The normalized spacial score (nSPS) is 10.7. The topological polar surface area (TPSA) is 69.2 Å². The fourth-order valence-corrected chi connectivity index (χ4v) is 2.96. The molecule has 0 fully saturated rings. The van der Waals surface area contributed by atoms with Crippen molar-refractivity contribution < 1.29 is 19.0 Å². The van der Waals surface area contributed by atoms with Gasteiger partial charge in [-0.25, -0.2) is 5.43 Å². The van der Waals surface area contributed by atoms with Gasteiger partial charge in [0, 0.05) is 27.2 Å². The lowest BCUT2D eigenvalue weighted by Gasteiger charge is -2.10. The summed E-state index contributed by atoms with van der Waals surface area (Å²) in [4.78, 5) is 12.5. The van der Waals surface area contributed by atoms with Gasteiger partial charge in [-0.3, -0.25) is 4.79 Å². The first-order valence-corrected chi connectivity index (χ1v) is 9.97. The standard InChI is InChI=1S/C23H20Cl2N2O4/c1-29-20-10-16(11-21(12-20)30-2)23(28)27-26-13-17-9-19(25)7-8-22(17)31-14-15-3-5-18(24)6-4-15/h3-13H,14H2,1-2H3,(H,27,28)/b26-13-. The van der Waals surface area contributed by atoms with E-state index in [9.17, 15) is 4.79 Å². The Morgan fingerprint density at radius 1 is 0.935 bits per heavy atom. The van der Waals surface area contributed by atoms with Gasteiger partial charge in [-0.15, -0.1) is 0 Å². The molecule has 31 heavy (non-hydrogen) atoms. The Morgan fingerprint density at radius 2 is 1.58 bits per heavy atom. The fraction of sp³-hybridized carbons (Fsp3) is 0.130. The van der Waals surface area contributed by atoms with Crippen molar-refractivity contribution in [2.45, 2.75) is 6.61 Å². The Balaban J connectivity index is 1.70. The first kappa shape index (κ1) is 22.5. The van der Waals surface area contributed by atoms with Gasteiger partial charge in [0.15, 0.2) is 0 Å². The number of benzene rings is 3. The highest BCUT2D eigenvalue weighted by Gasteiger charge is 2.10. The number of carbonyl (C=O) groups is 1. The monoisotopic (exact) mass is 458 g/mol. The van der Waals surface area contributed by atoms with E-state index >= 15 is 0 Å². The Hall–Kier alpha value is -3.22. The Labute approximate surface area is 190 Å². The van der Waals surface area contributed by atoms with Crippen LogP contribution in [0.5, 0.6) is 17.2 Å². The molecule has 1 N–H and O–H groups in total. The molecule has 0 saturated carbocycles. The molecule has 0 aliphatic heterocycles. The molecule has 0 aliphatic rings. The summed E-state index contributed by atoms with van der Waals surface area (Å²) in [5, 5.41) is 5.21. The van der Waals surface area contributed by atoms with Gasteiger partial charge < -0.3 is 14.2 Å². The summed E-state index contributed by atoms with van der Waals surface area (Å²) in [5.74, 6) is 1.15. The predicted octanol–water partition coefficient (Wildman–Crippen LogP) is 5.35. The second kappa shape index (κ2) is 10.7. The maximum atomic E-state index is 12.5. The van der Waals surface area contributed by atoms with Crippen molar-refractivity contribution in [3.8, 4) is 17.2 Å². The van der Waals surface area contributed by atoms with Gasteiger partial charge in [0.2, 0.25) is 0 Å². The van der Waals surface area contributed by atoms with E-state index in [2.05, 4.69) is 10.5 Å². The van der Waals surface area contributed by atoms with Gasteiger partial charge in [0.05, 0.1) is 20.4 Å². The average Bonchev–Trinajstić information content (AvgIpc) is 2.79. The summed E-state index contributed by atoms with van der Waals surface area (Å²) in [6.07, 6.45) is 1.47. The highest BCUT2D eigenvalue weighted by Crippen LogP contribution is 2.24. The zero-order valence-electron chi connectivity index (χ0n) is 16.9. The van der Waals surface area contributed by atoms with Crippen LogP contribution in [0.3, 0.4) is 0 Å². The molecule has 0 aromatic heterocycles. The second-order valence-electron chi connectivity index (χ2n) is 6.40. The lowest BCUT2D eigenvalue weighted by molar-refractivity contribution is 0.0954. The summed E-state index contributed by atoms with van der Waals surface area (Å²) in [6.45, 7) is 0.343. The number of rotatable bonds is 8. The molecular weight excluding hydrogens is 439 g/mol. The minimum atomic E-state index is -0.417. The number of nitrogens with zero attached hydrogens (tertiary/aromatic N) is 1. The molecule has 0 heterocycles. The van der Waals surface area contributed by atoms with Crippen LogP contribution in [0, 0.1) is 0 Å². The molecule has 0 aliphatic carbocycles. The number of methoxy groups -OCH3 is 2. The number of nitrogens with one attached hydrogen (secondary N) is 1. The highest BCUT2D eigenvalue weighted by atomic mass is 35.5. The van der Waals surface area contributed by atoms with Crippen LogP contribution < -0.4 is 19.6 Å². The Bertz CT molecular complexity index is 1060. The molecule has 3 aromatic rings. The molecule has 1 amide bonds. The maximum Gasteiger partial charge on any atom is 0.271 e. The molecule has 6 nitrogen and oxygen atoms in total. The van der Waals surface area contributed by atoms with Gasteiger partial charge in [-0.05, 0) is 48.0 Å². The van der Waals surface area contributed by atoms with Crippen LogP contribution in [0.4, 0.5) is 0 Å². The molecule has 3 rings (SSSR count). The highest BCUT2D eigenvalue weighted by molar-refractivity contribution is 6.31. The molecule has 0 unspecified atom stereocenters. The van der Waals surface area contributed by atoms with E-state index in [0.29, 0.717) is 45.0 Å². The number of hydrazone groups is 1. The summed E-state index contributed by atoms with van der Waals surface area (Å²) >= 11 is 12.0. The van der Waals surface area contributed by atoms with Crippen LogP contribution in [-0.2, 0) is 6.61 Å². The quantitative estimate of drug-likeness (QED) is 0.364. The minimum Gasteiger partial charge on any atom is -0.497 e. The molecule has 3 aromatic carbocycles. The largest absolute Gasteiger partial charge is 0.497 e. The number of hydrogen-bond donors (Lipinski definition) is 1. The summed E-state index contributed by atoms with van der Waals surface area (Å²) < 4.78 is 16.2. The first-order chi connectivity index (χ1) is 15.0. The van der Waals surface area contributed by atoms with E-state index in [1.54, 1.807) is 48.5 Å². The van der Waals surface area contributed by atoms with E-state index in [0.717, 1.165) is 5.56 Å². The van der Waals surface area contributed by atoms with Gasteiger partial charge in [-0.1, -0.05) is 35.3 Å². The van der Waals surface area contributed by atoms with Crippen LogP contribution in [0.25, 0.3) is 0 Å². The zero-order valence-corrected chi connectivity index (χ0v) is 18.4. The number of ether oxygens (including phenoxy) is 3. The lowest BCUT2D eigenvalue weighted by atomic mass is 10.2. The van der Waals surface area contributed by atoms with E-state index in [-0.39, 0.29) is 0 Å². The third-order valence-corrected chi connectivity index (χ3v) is 4.75. The molecule has 0 atom stereocenters. The van der Waals surface area contributed by atoms with E-state index in [4.69, 9.17) is 37.4 Å². The summed E-state index contributed by atoms with van der Waals surface area (Å²) in [6, 6.07) is 17.4. The molecular formula is C23H20Cl2N2O4. The van der Waals surface area contributed by atoms with Crippen molar-refractivity contribution >= 4 is 35.3 Å². The number of carbonyl (C=O) groups excluding carboxylic acids is 1. The average molecular weight is 459 g/mol. The summed E-state index contributed by atoms with van der Waals surface area (Å²) in [7, 11) is 3.03.